The standard InChI is InChI=1S/C14H24N2O3/c1-4-15(9-11(2)3)13(17)10-16(12-5-6-12)8-7-14(18)19/h12H,2,4-10H2,1,3H3,(H,18,19). The third-order valence-electron chi connectivity index (χ3n) is 3.21. The third-order valence-corrected chi connectivity index (χ3v) is 3.21. The number of nitrogens with zero attached hydrogens (tertiary/aromatic N) is 2. The van der Waals surface area contributed by atoms with E-state index in [4.69, 9.17) is 5.11 Å². The molecule has 1 saturated carbocycles. The molecule has 1 N–H and O–H groups in total. The molecule has 5 nitrogen and oxygen atoms in total. The lowest BCUT2D eigenvalue weighted by Crippen LogP contribution is -2.42. The van der Waals surface area contributed by atoms with Crippen molar-refractivity contribution in [3.8, 4) is 0 Å². The van der Waals surface area contributed by atoms with Crippen LogP contribution in [0.4, 0.5) is 0 Å². The minimum atomic E-state index is -0.813. The second-order valence-corrected chi connectivity index (χ2v) is 5.21. The lowest BCUT2D eigenvalue weighted by atomic mass is 10.3. The molecule has 0 heterocycles. The van der Waals surface area contributed by atoms with Crippen LogP contribution in [0.1, 0.15) is 33.1 Å². The monoisotopic (exact) mass is 268 g/mol. The van der Waals surface area contributed by atoms with Crippen LogP contribution >= 0.6 is 0 Å². The van der Waals surface area contributed by atoms with Gasteiger partial charge in [-0.25, -0.2) is 0 Å². The number of rotatable bonds is 9. The molecule has 0 bridgehead atoms. The first-order valence-corrected chi connectivity index (χ1v) is 6.82. The second kappa shape index (κ2) is 7.28. The molecule has 0 aromatic heterocycles. The van der Waals surface area contributed by atoms with Gasteiger partial charge in [0.1, 0.15) is 0 Å². The summed E-state index contributed by atoms with van der Waals surface area (Å²) >= 11 is 0. The van der Waals surface area contributed by atoms with Gasteiger partial charge in [0.2, 0.25) is 5.91 Å². The predicted octanol–water partition coefficient (Wildman–Crippen LogP) is 1.35. The summed E-state index contributed by atoms with van der Waals surface area (Å²) < 4.78 is 0. The summed E-state index contributed by atoms with van der Waals surface area (Å²) in [4.78, 5) is 26.6. The van der Waals surface area contributed by atoms with E-state index in [2.05, 4.69) is 6.58 Å². The average Bonchev–Trinajstić information content (AvgIpc) is 3.14. The van der Waals surface area contributed by atoms with Gasteiger partial charge < -0.3 is 10.0 Å². The molecule has 0 aliphatic heterocycles. The molecule has 0 spiro atoms. The van der Waals surface area contributed by atoms with Crippen molar-refractivity contribution in [3.63, 3.8) is 0 Å². The van der Waals surface area contributed by atoms with Gasteiger partial charge >= 0.3 is 5.97 Å². The second-order valence-electron chi connectivity index (χ2n) is 5.21. The SMILES string of the molecule is C=C(C)CN(CC)C(=O)CN(CCC(=O)O)C1CC1. The highest BCUT2D eigenvalue weighted by Crippen LogP contribution is 2.26. The highest BCUT2D eigenvalue weighted by Gasteiger charge is 2.31. The van der Waals surface area contributed by atoms with Crippen LogP contribution in [-0.4, -0.2) is 59.0 Å². The fraction of sp³-hybridized carbons (Fsp3) is 0.714. The van der Waals surface area contributed by atoms with Gasteiger partial charge in [-0.2, -0.15) is 0 Å². The average molecular weight is 268 g/mol. The van der Waals surface area contributed by atoms with E-state index in [0.29, 0.717) is 32.2 Å². The summed E-state index contributed by atoms with van der Waals surface area (Å²) in [6.07, 6.45) is 2.23. The number of carbonyl (C=O) groups is 2. The molecule has 108 valence electrons. The van der Waals surface area contributed by atoms with Crippen molar-refractivity contribution in [3.05, 3.63) is 12.2 Å². The summed E-state index contributed by atoms with van der Waals surface area (Å²) in [5.41, 5.74) is 0.957. The first-order valence-electron chi connectivity index (χ1n) is 6.82. The summed E-state index contributed by atoms with van der Waals surface area (Å²) in [5.74, 6) is -0.754. The number of aliphatic carboxylic acids is 1. The van der Waals surface area contributed by atoms with Crippen LogP contribution in [0.15, 0.2) is 12.2 Å². The van der Waals surface area contributed by atoms with Crippen LogP contribution in [0.3, 0.4) is 0 Å². The minimum absolute atomic E-state index is 0.0581. The van der Waals surface area contributed by atoms with Crippen molar-refractivity contribution in [1.82, 2.24) is 9.80 Å². The van der Waals surface area contributed by atoms with Crippen molar-refractivity contribution >= 4 is 11.9 Å². The summed E-state index contributed by atoms with van der Waals surface area (Å²) in [6.45, 7) is 9.68. The molecule has 0 saturated heterocycles. The van der Waals surface area contributed by atoms with Crippen molar-refractivity contribution < 1.29 is 14.7 Å². The number of likely N-dealkylation sites (N-methyl/N-ethyl adjacent to an activating group) is 1. The fourth-order valence-corrected chi connectivity index (χ4v) is 2.05. The van der Waals surface area contributed by atoms with Gasteiger partial charge in [0, 0.05) is 25.7 Å². The molecule has 0 radical (unpaired) electrons. The van der Waals surface area contributed by atoms with Crippen molar-refractivity contribution in [2.45, 2.75) is 39.2 Å². The van der Waals surface area contributed by atoms with Gasteiger partial charge in [0.15, 0.2) is 0 Å². The van der Waals surface area contributed by atoms with E-state index in [0.717, 1.165) is 18.4 Å². The molecule has 0 aromatic rings. The van der Waals surface area contributed by atoms with Crippen molar-refractivity contribution in [2.75, 3.05) is 26.2 Å². The Morgan fingerprint density at radius 1 is 1.32 bits per heavy atom. The summed E-state index contributed by atoms with van der Waals surface area (Å²) in [6, 6.07) is 0.395. The maximum absolute atomic E-state index is 12.2. The van der Waals surface area contributed by atoms with Crippen molar-refractivity contribution in [2.24, 2.45) is 0 Å². The van der Waals surface area contributed by atoms with E-state index in [1.54, 1.807) is 4.90 Å². The zero-order valence-electron chi connectivity index (χ0n) is 11.9. The summed E-state index contributed by atoms with van der Waals surface area (Å²) in [5, 5.41) is 8.74. The first-order chi connectivity index (χ1) is 8.93. The quantitative estimate of drug-likeness (QED) is 0.641. The summed E-state index contributed by atoms with van der Waals surface area (Å²) in [7, 11) is 0. The fourth-order valence-electron chi connectivity index (χ4n) is 2.05. The maximum atomic E-state index is 12.2. The molecule has 5 heteroatoms. The Hall–Kier alpha value is -1.36. The molecule has 0 atom stereocenters. The van der Waals surface area contributed by atoms with Gasteiger partial charge in [-0.3, -0.25) is 14.5 Å². The van der Waals surface area contributed by atoms with Gasteiger partial charge in [-0.1, -0.05) is 12.2 Å². The van der Waals surface area contributed by atoms with Crippen LogP contribution in [0.5, 0.6) is 0 Å². The maximum Gasteiger partial charge on any atom is 0.304 e. The predicted molar refractivity (Wildman–Crippen MR) is 73.9 cm³/mol. The molecule has 1 aliphatic carbocycles. The molecule has 1 aliphatic rings. The van der Waals surface area contributed by atoms with Gasteiger partial charge in [-0.15, -0.1) is 0 Å². The number of amides is 1. The third kappa shape index (κ3) is 5.87. The molecule has 1 amide bonds. The van der Waals surface area contributed by atoms with Crippen LogP contribution in [0, 0.1) is 0 Å². The van der Waals surface area contributed by atoms with Crippen LogP contribution in [0.2, 0.25) is 0 Å². The molecule has 0 unspecified atom stereocenters. The molecule has 0 aromatic carbocycles. The Morgan fingerprint density at radius 3 is 2.37 bits per heavy atom. The topological polar surface area (TPSA) is 60.9 Å². The Bertz CT molecular complexity index is 351. The van der Waals surface area contributed by atoms with E-state index in [-0.39, 0.29) is 12.3 Å². The Labute approximate surface area is 114 Å². The van der Waals surface area contributed by atoms with Crippen molar-refractivity contribution in [1.29, 1.82) is 0 Å². The highest BCUT2D eigenvalue weighted by molar-refractivity contribution is 5.78. The van der Waals surface area contributed by atoms with E-state index in [9.17, 15) is 9.59 Å². The number of hydrogen-bond donors (Lipinski definition) is 1. The molecular weight excluding hydrogens is 244 g/mol. The molecule has 1 fully saturated rings. The number of carbonyl (C=O) groups excluding carboxylic acids is 1. The Balaban J connectivity index is 2.49. The zero-order chi connectivity index (χ0) is 14.4. The number of carboxylic acids is 1. The van der Waals surface area contributed by atoms with Crippen LogP contribution < -0.4 is 0 Å². The van der Waals surface area contributed by atoms with E-state index >= 15 is 0 Å². The van der Waals surface area contributed by atoms with E-state index in [1.165, 1.54) is 0 Å². The number of hydrogen-bond acceptors (Lipinski definition) is 3. The normalized spacial score (nSPS) is 14.5. The first kappa shape index (κ1) is 15.7. The zero-order valence-corrected chi connectivity index (χ0v) is 11.9. The lowest BCUT2D eigenvalue weighted by molar-refractivity contribution is -0.138. The van der Waals surface area contributed by atoms with Crippen LogP contribution in [0.25, 0.3) is 0 Å². The molecule has 19 heavy (non-hydrogen) atoms. The van der Waals surface area contributed by atoms with Gasteiger partial charge in [0.25, 0.3) is 0 Å². The highest BCUT2D eigenvalue weighted by atomic mass is 16.4. The smallest absolute Gasteiger partial charge is 0.304 e. The lowest BCUT2D eigenvalue weighted by Gasteiger charge is -2.26. The van der Waals surface area contributed by atoms with E-state index in [1.807, 2.05) is 18.7 Å². The Kier molecular flexibility index (Phi) is 6.02. The van der Waals surface area contributed by atoms with Gasteiger partial charge in [-0.05, 0) is 26.7 Å². The molecular formula is C14H24N2O3. The van der Waals surface area contributed by atoms with Gasteiger partial charge in [0.05, 0.1) is 13.0 Å². The number of carboxylic acid groups (broad SMARTS) is 1. The largest absolute Gasteiger partial charge is 0.481 e. The minimum Gasteiger partial charge on any atom is -0.481 e. The molecule has 1 rings (SSSR count). The Morgan fingerprint density at radius 2 is 1.95 bits per heavy atom. The van der Waals surface area contributed by atoms with Crippen LogP contribution in [-0.2, 0) is 9.59 Å². The van der Waals surface area contributed by atoms with E-state index < -0.39 is 5.97 Å².